The molecule has 0 amide bonds. The van der Waals surface area contributed by atoms with E-state index < -0.39 is 19.8 Å². The smallest absolute Gasteiger partial charge is 0.490 e. The Morgan fingerprint density at radius 1 is 1.24 bits per heavy atom. The Morgan fingerprint density at radius 2 is 2.06 bits per heavy atom. The van der Waals surface area contributed by atoms with Crippen molar-refractivity contribution >= 4 is 25.1 Å². The highest BCUT2D eigenvalue weighted by molar-refractivity contribution is 7.30. The molecule has 0 fully saturated rings. The lowest BCUT2D eigenvalue weighted by molar-refractivity contribution is -0.207. The van der Waals surface area contributed by atoms with Gasteiger partial charge in [-0.2, -0.15) is 0 Å². The largest absolute Gasteiger partial charge is 0.566 e. The van der Waals surface area contributed by atoms with E-state index in [9.17, 15) is 19.0 Å². The van der Waals surface area contributed by atoms with Gasteiger partial charge in [0.25, 0.3) is 5.56 Å². The van der Waals surface area contributed by atoms with Gasteiger partial charge in [-0.3, -0.25) is 4.79 Å². The average Bonchev–Trinajstić information content (AvgIpc) is 3.15. The van der Waals surface area contributed by atoms with Crippen molar-refractivity contribution in [3.8, 4) is 11.4 Å². The molecule has 5 rings (SSSR count). The van der Waals surface area contributed by atoms with Crippen molar-refractivity contribution in [1.29, 1.82) is 0 Å². The van der Waals surface area contributed by atoms with Crippen LogP contribution in [0.15, 0.2) is 35.1 Å². The van der Waals surface area contributed by atoms with Crippen molar-refractivity contribution in [3.63, 3.8) is 0 Å². The third kappa shape index (κ3) is 3.41. The zero-order chi connectivity index (χ0) is 23.3. The molecule has 0 aliphatic carbocycles. The molecule has 0 saturated heterocycles. The minimum Gasteiger partial charge on any atom is -0.566 e. The summed E-state index contributed by atoms with van der Waals surface area (Å²) in [6.45, 7) is 3.91. The molecule has 0 bridgehead atoms. The molecule has 0 spiro atoms. The number of unbranched alkanes of at least 4 members (excludes halogenated alkanes) is 1. The summed E-state index contributed by atoms with van der Waals surface area (Å²) >= 11 is 0. The molecule has 0 saturated carbocycles. The van der Waals surface area contributed by atoms with Crippen LogP contribution in [-0.4, -0.2) is 15.5 Å². The van der Waals surface area contributed by atoms with Gasteiger partial charge in [0.2, 0.25) is 5.60 Å². The number of cyclic esters (lactones) is 1. The van der Waals surface area contributed by atoms with Crippen LogP contribution in [0.5, 0.6) is 0 Å². The van der Waals surface area contributed by atoms with Gasteiger partial charge >= 0.3 is 14.2 Å². The first-order valence-electron chi connectivity index (χ1n) is 11.1. The Morgan fingerprint density at radius 3 is 2.79 bits per heavy atom. The Balaban J connectivity index is 1.68. The van der Waals surface area contributed by atoms with Crippen molar-refractivity contribution in [2.24, 2.45) is 0 Å². The molecular formula is C24H23N2O6P. The van der Waals surface area contributed by atoms with Gasteiger partial charge in [-0.1, -0.05) is 26.3 Å². The third-order valence-corrected chi connectivity index (χ3v) is 7.05. The van der Waals surface area contributed by atoms with Crippen LogP contribution in [0.4, 0.5) is 0 Å². The Hall–Kier alpha value is -2.93. The minimum absolute atomic E-state index is 0.00355. The highest BCUT2D eigenvalue weighted by atomic mass is 31.1. The van der Waals surface area contributed by atoms with Crippen molar-refractivity contribution in [2.75, 3.05) is 0 Å². The molecule has 3 aromatic rings. The normalized spacial score (nSPS) is 19.1. The van der Waals surface area contributed by atoms with Crippen molar-refractivity contribution in [2.45, 2.75) is 58.3 Å². The van der Waals surface area contributed by atoms with Gasteiger partial charge < -0.3 is 14.2 Å². The molecule has 2 atom stereocenters. The number of aromatic nitrogens is 2. The fourth-order valence-corrected chi connectivity index (χ4v) is 5.39. The molecule has 33 heavy (non-hydrogen) atoms. The van der Waals surface area contributed by atoms with Gasteiger partial charge in [0.15, 0.2) is 0 Å². The van der Waals surface area contributed by atoms with Crippen LogP contribution in [0.3, 0.4) is 0 Å². The third-order valence-electron chi connectivity index (χ3n) is 6.59. The van der Waals surface area contributed by atoms with Crippen LogP contribution < -0.4 is 10.5 Å². The molecule has 8 nitrogen and oxygen atoms in total. The van der Waals surface area contributed by atoms with Crippen molar-refractivity contribution in [3.05, 3.63) is 62.9 Å². The van der Waals surface area contributed by atoms with E-state index in [4.69, 9.17) is 14.2 Å². The van der Waals surface area contributed by atoms with Crippen LogP contribution in [0.1, 0.15) is 55.4 Å². The lowest BCUT2D eigenvalue weighted by atomic mass is 9.86. The van der Waals surface area contributed by atoms with E-state index in [0.717, 1.165) is 35.7 Å². The molecule has 0 radical (unpaired) electrons. The lowest BCUT2D eigenvalue weighted by Crippen LogP contribution is -2.45. The maximum absolute atomic E-state index is 13.4. The number of carbonyl (C=O) groups excluding carboxylic acids is 1. The van der Waals surface area contributed by atoms with E-state index in [2.05, 4.69) is 25.1 Å². The van der Waals surface area contributed by atoms with Gasteiger partial charge in [-0.15, -0.1) is 4.52 Å². The topological polar surface area (TPSA) is 111 Å². The zero-order valence-electron chi connectivity index (χ0n) is 18.4. The average molecular weight is 466 g/mol. The maximum Gasteiger partial charge on any atom is 0.490 e. The Kier molecular flexibility index (Phi) is 5.40. The summed E-state index contributed by atoms with van der Waals surface area (Å²) in [5.41, 5.74) is 2.43. The lowest BCUT2D eigenvalue weighted by Gasteiger charge is -2.31. The summed E-state index contributed by atoms with van der Waals surface area (Å²) in [5.74, 6) is -0.814. The SMILES string of the molecule is CCCCc1ccc2nc3c(cc2c1)Cn1c-3cc2c(c1=O)COC(=O)[C@@]2(CC)O[P+](=O)[O-]. The molecule has 1 unspecified atom stereocenters. The molecule has 2 aromatic heterocycles. The summed E-state index contributed by atoms with van der Waals surface area (Å²) in [6.07, 6.45) is 3.25. The first-order chi connectivity index (χ1) is 15.9. The first kappa shape index (κ1) is 21.9. The number of esters is 1. The number of aryl methyl sites for hydroxylation is 1. The standard InChI is InChI=1S/C24H23N2O6P/c1-3-5-6-14-7-8-19-15(9-14)10-16-12-26-20(21(16)25-19)11-18-17(22(26)27)13-31-23(28)24(18,4-2)32-33(29)30/h7-11H,3-6,12-13H2,1-2H3/t24-/m0/s1. The number of hydrogen-bond donors (Lipinski definition) is 0. The second-order valence-corrected chi connectivity index (χ2v) is 9.14. The Bertz CT molecular complexity index is 1380. The van der Waals surface area contributed by atoms with Gasteiger partial charge in [0.1, 0.15) is 6.61 Å². The number of nitrogens with zero attached hydrogens (tertiary/aromatic N) is 2. The van der Waals surface area contributed by atoms with E-state index in [1.54, 1.807) is 17.6 Å². The predicted molar refractivity (Wildman–Crippen MR) is 120 cm³/mol. The van der Waals surface area contributed by atoms with Crippen LogP contribution in [0.2, 0.25) is 0 Å². The second kappa shape index (κ2) is 8.13. The fourth-order valence-electron chi connectivity index (χ4n) is 4.84. The van der Waals surface area contributed by atoms with E-state index >= 15 is 0 Å². The minimum atomic E-state index is -3.35. The van der Waals surface area contributed by atoms with Crippen LogP contribution in [0, 0.1) is 0 Å². The zero-order valence-corrected chi connectivity index (χ0v) is 19.3. The Labute approximate surface area is 191 Å². The van der Waals surface area contributed by atoms with E-state index in [1.165, 1.54) is 5.56 Å². The molecule has 2 aliphatic heterocycles. The van der Waals surface area contributed by atoms with Crippen LogP contribution in [-0.2, 0) is 43.8 Å². The predicted octanol–water partition coefficient (Wildman–Crippen LogP) is 3.46. The van der Waals surface area contributed by atoms with Gasteiger partial charge in [0.05, 0.1) is 29.0 Å². The van der Waals surface area contributed by atoms with Gasteiger partial charge in [0, 0.05) is 16.5 Å². The van der Waals surface area contributed by atoms with Crippen LogP contribution >= 0.6 is 8.25 Å². The molecule has 2 aliphatic rings. The number of carbonyl (C=O) groups is 1. The summed E-state index contributed by atoms with van der Waals surface area (Å²) in [6, 6.07) is 9.92. The number of rotatable bonds is 6. The van der Waals surface area contributed by atoms with Crippen molar-refractivity contribution < 1.29 is 23.5 Å². The summed E-state index contributed by atoms with van der Waals surface area (Å²) in [7, 11) is -3.35. The molecule has 0 N–H and O–H groups in total. The molecule has 9 heteroatoms. The number of hydrogen-bond acceptors (Lipinski definition) is 7. The van der Waals surface area contributed by atoms with Crippen LogP contribution in [0.25, 0.3) is 22.3 Å². The maximum atomic E-state index is 13.4. The number of benzene rings is 1. The van der Waals surface area contributed by atoms with E-state index in [0.29, 0.717) is 17.9 Å². The van der Waals surface area contributed by atoms with E-state index in [-0.39, 0.29) is 29.7 Å². The summed E-state index contributed by atoms with van der Waals surface area (Å²) < 4.78 is 23.3. The summed E-state index contributed by atoms with van der Waals surface area (Å²) in [5, 5.41) is 1.01. The van der Waals surface area contributed by atoms with Gasteiger partial charge in [-0.25, -0.2) is 9.78 Å². The quantitative estimate of drug-likeness (QED) is 0.316. The van der Waals surface area contributed by atoms with Gasteiger partial charge in [-0.05, 0) is 53.7 Å². The highest BCUT2D eigenvalue weighted by Crippen LogP contribution is 2.43. The molecule has 170 valence electrons. The highest BCUT2D eigenvalue weighted by Gasteiger charge is 2.52. The second-order valence-electron chi connectivity index (χ2n) is 8.51. The number of ether oxygens (including phenoxy) is 1. The monoisotopic (exact) mass is 466 g/mol. The van der Waals surface area contributed by atoms with Crippen molar-refractivity contribution in [1.82, 2.24) is 9.55 Å². The molecular weight excluding hydrogens is 443 g/mol. The number of fused-ring (bicyclic) bond motifs is 5. The summed E-state index contributed by atoms with van der Waals surface area (Å²) in [4.78, 5) is 42.3. The number of pyridine rings is 2. The first-order valence-corrected chi connectivity index (χ1v) is 12.2. The fraction of sp³-hybridized carbons (Fsp3) is 0.375. The molecule has 1 aromatic carbocycles. The van der Waals surface area contributed by atoms with E-state index in [1.807, 2.05) is 6.07 Å². The molecule has 4 heterocycles.